The van der Waals surface area contributed by atoms with Crippen LogP contribution < -0.4 is 5.32 Å². The van der Waals surface area contributed by atoms with Gasteiger partial charge in [0.2, 0.25) is 0 Å². The zero-order chi connectivity index (χ0) is 22.3. The molecule has 7 heteroatoms. The summed E-state index contributed by atoms with van der Waals surface area (Å²) in [5, 5.41) is 8.60. The van der Waals surface area contributed by atoms with Crippen molar-refractivity contribution in [2.45, 2.75) is 19.6 Å². The van der Waals surface area contributed by atoms with Crippen LogP contribution in [0.3, 0.4) is 0 Å². The van der Waals surface area contributed by atoms with Gasteiger partial charge in [0.1, 0.15) is 11.0 Å². The maximum atomic E-state index is 14.0. The Bertz CT molecular complexity index is 1140. The van der Waals surface area contributed by atoms with E-state index in [-0.39, 0.29) is 12.4 Å². The van der Waals surface area contributed by atoms with Crippen molar-refractivity contribution in [2.75, 3.05) is 5.32 Å². The Balaban J connectivity index is 1.50. The molecule has 0 spiro atoms. The van der Waals surface area contributed by atoms with E-state index < -0.39 is 0 Å². The lowest BCUT2D eigenvalue weighted by molar-refractivity contribution is 0.412. The van der Waals surface area contributed by atoms with Gasteiger partial charge in [-0.15, -0.1) is 0 Å². The van der Waals surface area contributed by atoms with Gasteiger partial charge in [-0.25, -0.2) is 9.07 Å². The van der Waals surface area contributed by atoms with E-state index in [0.29, 0.717) is 34.7 Å². The van der Waals surface area contributed by atoms with E-state index in [0.717, 1.165) is 11.1 Å². The molecule has 0 saturated heterocycles. The van der Waals surface area contributed by atoms with Crippen LogP contribution in [0, 0.1) is 5.82 Å². The zero-order valence-corrected chi connectivity index (χ0v) is 18.9. The molecule has 162 valence electrons. The number of rotatable bonds is 7. The Hall–Kier alpha value is -3.22. The van der Waals surface area contributed by atoms with Gasteiger partial charge in [-0.1, -0.05) is 90.5 Å². The molecule has 0 aliphatic heterocycles. The minimum atomic E-state index is -0.291. The molecule has 1 heterocycles. The second-order valence-corrected chi connectivity index (χ2v) is 8.13. The highest BCUT2D eigenvalue weighted by molar-refractivity contribution is 7.80. The van der Waals surface area contributed by atoms with Crippen molar-refractivity contribution in [2.24, 2.45) is 0 Å². The quantitative estimate of drug-likeness (QED) is 0.334. The number of halogens is 2. The first-order valence-electron chi connectivity index (χ1n) is 10.2. The lowest BCUT2D eigenvalue weighted by Gasteiger charge is -2.25. The zero-order valence-electron chi connectivity index (χ0n) is 17.3. The molecule has 4 nitrogen and oxygen atoms in total. The van der Waals surface area contributed by atoms with E-state index in [4.69, 9.17) is 23.8 Å². The number of anilines is 1. The molecule has 0 aliphatic rings. The topological polar surface area (TPSA) is 33.1 Å². The average molecular weight is 465 g/mol. The molecule has 4 rings (SSSR count). The number of benzene rings is 3. The van der Waals surface area contributed by atoms with Crippen molar-refractivity contribution in [1.29, 1.82) is 0 Å². The number of aromatic nitrogens is 2. The largest absolute Gasteiger partial charge is 0.340 e. The summed E-state index contributed by atoms with van der Waals surface area (Å²) in [5.74, 6) is 0.225. The van der Waals surface area contributed by atoms with Crippen LogP contribution >= 0.6 is 23.8 Å². The number of hydrogen-bond donors (Lipinski definition) is 1. The summed E-state index contributed by atoms with van der Waals surface area (Å²) in [6.45, 7) is 1.52. The highest BCUT2D eigenvalue weighted by atomic mass is 35.5. The lowest BCUT2D eigenvalue weighted by Crippen LogP contribution is -2.34. The summed E-state index contributed by atoms with van der Waals surface area (Å²) in [5.41, 5.74) is 2.81. The Labute approximate surface area is 197 Å². The molecule has 0 amide bonds. The van der Waals surface area contributed by atoms with Gasteiger partial charge in [-0.05, 0) is 29.4 Å². The molecular weight excluding hydrogens is 443 g/mol. The molecule has 0 radical (unpaired) electrons. The van der Waals surface area contributed by atoms with Crippen LogP contribution in [0.1, 0.15) is 16.7 Å². The number of hydrogen-bond acceptors (Lipinski definition) is 2. The molecule has 1 N–H and O–H groups in total. The van der Waals surface area contributed by atoms with E-state index >= 15 is 0 Å². The number of nitrogens with zero attached hydrogens (tertiary/aromatic N) is 3. The smallest absolute Gasteiger partial charge is 0.175 e. The van der Waals surface area contributed by atoms with E-state index in [2.05, 4.69) is 39.6 Å². The highest BCUT2D eigenvalue weighted by Gasteiger charge is 2.15. The predicted octanol–water partition coefficient (Wildman–Crippen LogP) is 6.12. The van der Waals surface area contributed by atoms with E-state index in [1.165, 1.54) is 6.07 Å². The van der Waals surface area contributed by atoms with E-state index in [9.17, 15) is 4.39 Å². The number of thiocarbonyl (C=S) groups is 1. The second kappa shape index (κ2) is 10.4. The van der Waals surface area contributed by atoms with Crippen LogP contribution in [0.4, 0.5) is 10.2 Å². The highest BCUT2D eigenvalue weighted by Crippen LogP contribution is 2.19. The third kappa shape index (κ3) is 5.72. The minimum Gasteiger partial charge on any atom is -0.340 e. The van der Waals surface area contributed by atoms with Crippen LogP contribution in [-0.4, -0.2) is 19.8 Å². The summed E-state index contributed by atoms with van der Waals surface area (Å²) in [4.78, 5) is 2.07. The maximum Gasteiger partial charge on any atom is 0.175 e. The van der Waals surface area contributed by atoms with Crippen LogP contribution in [0.2, 0.25) is 5.15 Å². The SMILES string of the molecule is Fc1ccccc1Cn1nc(NC(=S)N(Cc2ccccc2)Cc2ccccc2)cc1Cl. The Morgan fingerprint density at radius 2 is 1.47 bits per heavy atom. The molecule has 32 heavy (non-hydrogen) atoms. The van der Waals surface area contributed by atoms with Crippen molar-refractivity contribution >= 4 is 34.7 Å². The summed E-state index contributed by atoms with van der Waals surface area (Å²) in [7, 11) is 0. The van der Waals surface area contributed by atoms with Crippen molar-refractivity contribution in [3.05, 3.63) is 119 Å². The van der Waals surface area contributed by atoms with Crippen LogP contribution in [0.5, 0.6) is 0 Å². The monoisotopic (exact) mass is 464 g/mol. The van der Waals surface area contributed by atoms with Crippen molar-refractivity contribution in [3.8, 4) is 0 Å². The second-order valence-electron chi connectivity index (χ2n) is 7.36. The molecule has 0 fully saturated rings. The maximum absolute atomic E-state index is 14.0. The first-order chi connectivity index (χ1) is 15.6. The molecule has 1 aromatic heterocycles. The van der Waals surface area contributed by atoms with Crippen LogP contribution in [-0.2, 0) is 19.6 Å². The van der Waals surface area contributed by atoms with Gasteiger partial charge in [-0.3, -0.25) is 0 Å². The fourth-order valence-electron chi connectivity index (χ4n) is 3.35. The fraction of sp³-hybridized carbons (Fsp3) is 0.120. The Morgan fingerprint density at radius 1 is 0.906 bits per heavy atom. The van der Waals surface area contributed by atoms with Gasteiger partial charge in [-0.2, -0.15) is 5.10 Å². The van der Waals surface area contributed by atoms with Gasteiger partial charge in [0.25, 0.3) is 0 Å². The fourth-order valence-corrected chi connectivity index (χ4v) is 3.78. The first kappa shape index (κ1) is 22.0. The molecule has 0 saturated carbocycles. The average Bonchev–Trinajstić information content (AvgIpc) is 3.14. The van der Waals surface area contributed by atoms with Crippen LogP contribution in [0.25, 0.3) is 0 Å². The normalized spacial score (nSPS) is 10.7. The Morgan fingerprint density at radius 3 is 2.06 bits per heavy atom. The van der Waals surface area contributed by atoms with Gasteiger partial charge < -0.3 is 10.2 Å². The molecule has 3 aromatic carbocycles. The standard InChI is InChI=1S/C25H22ClFN4S/c26-23-15-24(29-31(23)18-21-13-7-8-14-22(21)27)28-25(32)30(16-19-9-3-1-4-10-19)17-20-11-5-2-6-12-20/h1-15H,16-18H2,(H,28,29,32). The molecule has 0 unspecified atom stereocenters. The van der Waals surface area contributed by atoms with Gasteiger partial charge >= 0.3 is 0 Å². The van der Waals surface area contributed by atoms with E-state index in [1.807, 2.05) is 36.4 Å². The summed E-state index contributed by atoms with van der Waals surface area (Å²) in [6.07, 6.45) is 0. The third-order valence-corrected chi connectivity index (χ3v) is 5.63. The van der Waals surface area contributed by atoms with Crippen molar-refractivity contribution in [3.63, 3.8) is 0 Å². The third-order valence-electron chi connectivity index (χ3n) is 4.96. The predicted molar refractivity (Wildman–Crippen MR) is 131 cm³/mol. The van der Waals surface area contributed by atoms with Gasteiger partial charge in [0.05, 0.1) is 6.54 Å². The number of nitrogens with one attached hydrogen (secondary N) is 1. The molecule has 0 bridgehead atoms. The molecular formula is C25H22ClFN4S. The van der Waals surface area contributed by atoms with Gasteiger partial charge in [0.15, 0.2) is 10.9 Å². The van der Waals surface area contributed by atoms with Gasteiger partial charge in [0, 0.05) is 24.7 Å². The van der Waals surface area contributed by atoms with Crippen molar-refractivity contribution < 1.29 is 4.39 Å². The summed E-state index contributed by atoms with van der Waals surface area (Å²) >= 11 is 12.1. The van der Waals surface area contributed by atoms with E-state index in [1.54, 1.807) is 28.9 Å². The summed E-state index contributed by atoms with van der Waals surface area (Å²) in [6, 6.07) is 28.6. The van der Waals surface area contributed by atoms with Crippen molar-refractivity contribution in [1.82, 2.24) is 14.7 Å². The molecule has 0 atom stereocenters. The van der Waals surface area contributed by atoms with Crippen LogP contribution in [0.15, 0.2) is 91.0 Å². The minimum absolute atomic E-state index is 0.234. The molecule has 0 aliphatic carbocycles. The molecule has 4 aromatic rings. The summed E-state index contributed by atoms with van der Waals surface area (Å²) < 4.78 is 15.6. The lowest BCUT2D eigenvalue weighted by atomic mass is 10.2. The first-order valence-corrected chi connectivity index (χ1v) is 11.0. The Kier molecular flexibility index (Phi) is 7.14.